The summed E-state index contributed by atoms with van der Waals surface area (Å²) in [5.74, 6) is 0. The first-order valence-corrected chi connectivity index (χ1v) is 8.77. The van der Waals surface area contributed by atoms with Gasteiger partial charge in [-0.25, -0.2) is 4.67 Å². The summed E-state index contributed by atoms with van der Waals surface area (Å²) >= 11 is 0. The van der Waals surface area contributed by atoms with E-state index < -0.39 is 7.51 Å². The highest BCUT2D eigenvalue weighted by Crippen LogP contribution is 2.51. The van der Waals surface area contributed by atoms with Gasteiger partial charge in [0.2, 0.25) is 0 Å². The van der Waals surface area contributed by atoms with Gasteiger partial charge in [0.1, 0.15) is 0 Å². The lowest BCUT2D eigenvalue weighted by atomic mass is 10.0. The summed E-state index contributed by atoms with van der Waals surface area (Å²) in [6.45, 7) is 18.6. The average molecular weight is 274 g/mol. The van der Waals surface area contributed by atoms with Crippen molar-refractivity contribution in [3.05, 3.63) is 0 Å². The van der Waals surface area contributed by atoms with Crippen molar-refractivity contribution in [2.75, 3.05) is 19.6 Å². The van der Waals surface area contributed by atoms with Gasteiger partial charge >= 0.3 is 0 Å². The molecular weight excluding hydrogens is 243 g/mol. The molecule has 1 aliphatic rings. The fourth-order valence-electron chi connectivity index (χ4n) is 2.40. The molecule has 0 aromatic carbocycles. The fraction of sp³-hybridized carbons (Fsp3) is 1.00. The highest BCUT2D eigenvalue weighted by atomic mass is 31.2. The maximum absolute atomic E-state index is 5.15. The lowest BCUT2D eigenvalue weighted by Crippen LogP contribution is -2.52. The van der Waals surface area contributed by atoms with Crippen LogP contribution >= 0.6 is 7.51 Å². The second-order valence-corrected chi connectivity index (χ2v) is 9.17. The van der Waals surface area contributed by atoms with Crippen LogP contribution in [0.25, 0.3) is 0 Å². The van der Waals surface area contributed by atoms with Crippen LogP contribution in [0.3, 0.4) is 0 Å². The third kappa shape index (κ3) is 4.06. The van der Waals surface area contributed by atoms with E-state index in [4.69, 9.17) is 4.74 Å². The first-order chi connectivity index (χ1) is 8.14. The molecule has 1 rings (SSSR count). The van der Waals surface area contributed by atoms with Crippen LogP contribution < -0.4 is 10.2 Å². The zero-order chi connectivity index (χ0) is 14.0. The Hall–Kier alpha value is 0.110. The van der Waals surface area contributed by atoms with Crippen LogP contribution in [0.5, 0.6) is 0 Å². The van der Waals surface area contributed by atoms with Crippen molar-refractivity contribution in [3.8, 4) is 0 Å². The molecule has 1 atom stereocenters. The molecule has 4 nitrogen and oxygen atoms in total. The molecule has 18 heavy (non-hydrogen) atoms. The van der Waals surface area contributed by atoms with Crippen LogP contribution in [-0.4, -0.2) is 35.4 Å². The summed E-state index contributed by atoms with van der Waals surface area (Å²) < 4.78 is 7.62. The van der Waals surface area contributed by atoms with Crippen LogP contribution in [0.15, 0.2) is 4.74 Å². The van der Waals surface area contributed by atoms with E-state index in [-0.39, 0.29) is 11.1 Å². The Labute approximate surface area is 113 Å². The predicted octanol–water partition coefficient (Wildman–Crippen LogP) is 3.43. The molecule has 0 saturated carbocycles. The minimum Gasteiger partial charge on any atom is -0.259 e. The van der Waals surface area contributed by atoms with E-state index in [1.807, 2.05) is 0 Å². The first-order valence-electron chi connectivity index (χ1n) is 7.07. The topological polar surface area (TPSA) is 39.7 Å². The van der Waals surface area contributed by atoms with Crippen LogP contribution in [0.2, 0.25) is 0 Å². The van der Waals surface area contributed by atoms with Crippen molar-refractivity contribution >= 4 is 7.51 Å². The fourth-order valence-corrected chi connectivity index (χ4v) is 6.14. The molecule has 2 N–H and O–H groups in total. The van der Waals surface area contributed by atoms with E-state index in [9.17, 15) is 0 Å². The minimum absolute atomic E-state index is 0.0240. The Morgan fingerprint density at radius 1 is 1.22 bits per heavy atom. The highest BCUT2D eigenvalue weighted by Gasteiger charge is 2.37. The molecule has 0 amide bonds. The molecule has 1 heterocycles. The van der Waals surface area contributed by atoms with Gasteiger partial charge in [-0.3, -0.25) is 14.9 Å². The molecule has 0 spiro atoms. The quantitative estimate of drug-likeness (QED) is 0.775. The normalized spacial score (nSPS) is 28.4. The number of hydrogen-bond acceptors (Lipinski definition) is 1. The predicted molar refractivity (Wildman–Crippen MR) is 81.9 cm³/mol. The summed E-state index contributed by atoms with van der Waals surface area (Å²) in [7, 11) is -1.79. The Morgan fingerprint density at radius 3 is 2.17 bits per heavy atom. The van der Waals surface area contributed by atoms with Gasteiger partial charge in [0, 0.05) is 25.2 Å². The molecule has 0 aromatic heterocycles. The van der Waals surface area contributed by atoms with Crippen LogP contribution in [0.1, 0.15) is 54.9 Å². The summed E-state index contributed by atoms with van der Waals surface area (Å²) in [6, 6.07) is 0. The molecule has 1 fully saturated rings. The van der Waals surface area contributed by atoms with E-state index in [1.54, 1.807) is 0 Å². The van der Waals surface area contributed by atoms with Crippen molar-refractivity contribution in [2.24, 2.45) is 4.74 Å². The summed E-state index contributed by atoms with van der Waals surface area (Å²) in [5.41, 5.74) is 0.139. The van der Waals surface area contributed by atoms with E-state index in [1.165, 1.54) is 0 Å². The van der Waals surface area contributed by atoms with Crippen molar-refractivity contribution in [1.29, 1.82) is 0 Å². The first kappa shape index (κ1) is 16.2. The van der Waals surface area contributed by atoms with Gasteiger partial charge in [0.05, 0.1) is 5.54 Å². The van der Waals surface area contributed by atoms with E-state index in [0.717, 1.165) is 26.1 Å². The van der Waals surface area contributed by atoms with Crippen molar-refractivity contribution in [1.82, 2.24) is 14.8 Å². The van der Waals surface area contributed by atoms with Crippen molar-refractivity contribution < 1.29 is 0 Å². The Balaban J connectivity index is 3.21. The maximum Gasteiger partial charge on any atom is 0.163 e. The van der Waals surface area contributed by atoms with Crippen LogP contribution in [-0.2, 0) is 0 Å². The lowest BCUT2D eigenvalue weighted by Gasteiger charge is -2.47. The summed E-state index contributed by atoms with van der Waals surface area (Å²) in [5, 5.41) is 7.53. The standard InChI is InChI=1S/C13H31N4P/c1-8-17(9-2)18(15-12(3,4)5)14-11-10-13(6,7)16-18/h14,16H,8-11H2,1-7H3. The van der Waals surface area contributed by atoms with Crippen molar-refractivity contribution in [2.45, 2.75) is 66.0 Å². The second kappa shape index (κ2) is 5.62. The Kier molecular flexibility index (Phi) is 5.05. The molecule has 1 saturated heterocycles. The third-order valence-corrected chi connectivity index (χ3v) is 6.98. The Morgan fingerprint density at radius 2 is 1.78 bits per heavy atom. The third-order valence-electron chi connectivity index (χ3n) is 3.12. The van der Waals surface area contributed by atoms with Gasteiger partial charge < -0.3 is 0 Å². The van der Waals surface area contributed by atoms with Gasteiger partial charge in [0.15, 0.2) is 7.51 Å². The molecular formula is C13H31N4P. The van der Waals surface area contributed by atoms with E-state index in [2.05, 4.69) is 63.3 Å². The molecule has 0 aromatic rings. The van der Waals surface area contributed by atoms with Gasteiger partial charge in [-0.05, 0) is 41.0 Å². The number of nitrogens with one attached hydrogen (secondary N) is 2. The van der Waals surface area contributed by atoms with Crippen LogP contribution in [0, 0.1) is 0 Å². The minimum atomic E-state index is -1.79. The summed E-state index contributed by atoms with van der Waals surface area (Å²) in [6.07, 6.45) is 1.15. The van der Waals surface area contributed by atoms with Gasteiger partial charge in [-0.15, -0.1) is 0 Å². The number of rotatable bonds is 3. The van der Waals surface area contributed by atoms with Crippen LogP contribution in [0.4, 0.5) is 0 Å². The van der Waals surface area contributed by atoms with Gasteiger partial charge in [-0.1, -0.05) is 13.8 Å². The number of hydrogen-bond donors (Lipinski definition) is 2. The van der Waals surface area contributed by atoms with E-state index in [0.29, 0.717) is 0 Å². The van der Waals surface area contributed by atoms with Gasteiger partial charge in [-0.2, -0.15) is 0 Å². The maximum atomic E-state index is 5.15. The summed E-state index contributed by atoms with van der Waals surface area (Å²) in [4.78, 5) is 0. The molecule has 1 unspecified atom stereocenters. The molecule has 5 heteroatoms. The SMILES string of the molecule is CCN(CC)P1(=NC(C)(C)C)NCCC(C)(C)N1. The zero-order valence-electron chi connectivity index (χ0n) is 13.2. The second-order valence-electron chi connectivity index (χ2n) is 6.66. The molecule has 108 valence electrons. The smallest absolute Gasteiger partial charge is 0.163 e. The highest BCUT2D eigenvalue weighted by molar-refractivity contribution is 7.60. The monoisotopic (exact) mass is 274 g/mol. The average Bonchev–Trinajstić information content (AvgIpc) is 2.14. The van der Waals surface area contributed by atoms with E-state index >= 15 is 0 Å². The zero-order valence-corrected chi connectivity index (χ0v) is 14.1. The number of nitrogens with zero attached hydrogens (tertiary/aromatic N) is 2. The van der Waals surface area contributed by atoms with Crippen molar-refractivity contribution in [3.63, 3.8) is 0 Å². The molecule has 1 aliphatic heterocycles. The molecule has 0 radical (unpaired) electrons. The molecule has 0 aliphatic carbocycles. The molecule has 0 bridgehead atoms. The largest absolute Gasteiger partial charge is 0.259 e. The Bertz CT molecular complexity index is 326. The van der Waals surface area contributed by atoms with Gasteiger partial charge in [0.25, 0.3) is 0 Å². The lowest BCUT2D eigenvalue weighted by molar-refractivity contribution is 0.373.